The third kappa shape index (κ3) is 3.33. The maximum atomic E-state index is 9.69. The molecule has 2 aromatic carbocycles. The van der Waals surface area contributed by atoms with Gasteiger partial charge in [0.1, 0.15) is 5.75 Å². The van der Waals surface area contributed by atoms with E-state index in [0.29, 0.717) is 28.2 Å². The quantitative estimate of drug-likeness (QED) is 0.688. The summed E-state index contributed by atoms with van der Waals surface area (Å²) in [4.78, 5) is 4.36. The van der Waals surface area contributed by atoms with E-state index in [4.69, 9.17) is 4.52 Å². The van der Waals surface area contributed by atoms with Crippen LogP contribution in [-0.2, 0) is 6.42 Å². The molecule has 0 aliphatic rings. The van der Waals surface area contributed by atoms with Gasteiger partial charge < -0.3 is 9.63 Å². The standard InChI is InChI=1S/C15H10Br2N2O2/c16-11-3-1-2-9(6-11)7-14-18-15(21-19-14)10-4-5-12(17)13(20)8-10/h1-6,8,20H,7H2. The van der Waals surface area contributed by atoms with Crippen LogP contribution in [0.3, 0.4) is 0 Å². The summed E-state index contributed by atoms with van der Waals surface area (Å²) in [5.74, 6) is 1.13. The molecule has 0 aliphatic heterocycles. The maximum absolute atomic E-state index is 9.69. The van der Waals surface area contributed by atoms with Gasteiger partial charge in [0.2, 0.25) is 0 Å². The summed E-state index contributed by atoms with van der Waals surface area (Å²) in [6.07, 6.45) is 0.589. The number of hydrogen-bond donors (Lipinski definition) is 1. The molecule has 0 amide bonds. The van der Waals surface area contributed by atoms with E-state index < -0.39 is 0 Å². The fourth-order valence-electron chi connectivity index (χ4n) is 1.92. The van der Waals surface area contributed by atoms with Gasteiger partial charge in [0.05, 0.1) is 4.47 Å². The van der Waals surface area contributed by atoms with Crippen LogP contribution < -0.4 is 0 Å². The van der Waals surface area contributed by atoms with E-state index >= 15 is 0 Å². The first-order valence-corrected chi connectivity index (χ1v) is 7.76. The highest BCUT2D eigenvalue weighted by molar-refractivity contribution is 9.10. The molecule has 0 saturated carbocycles. The molecule has 1 N–H and O–H groups in total. The van der Waals surface area contributed by atoms with E-state index in [1.807, 2.05) is 24.3 Å². The number of phenolic OH excluding ortho intramolecular Hbond substituents is 1. The van der Waals surface area contributed by atoms with Gasteiger partial charge in [-0.2, -0.15) is 4.98 Å². The van der Waals surface area contributed by atoms with Gasteiger partial charge in [-0.15, -0.1) is 0 Å². The van der Waals surface area contributed by atoms with Crippen molar-refractivity contribution >= 4 is 31.9 Å². The Morgan fingerprint density at radius 1 is 1.10 bits per heavy atom. The molecule has 0 bridgehead atoms. The number of halogens is 2. The Morgan fingerprint density at radius 3 is 2.71 bits per heavy atom. The van der Waals surface area contributed by atoms with Crippen molar-refractivity contribution in [2.45, 2.75) is 6.42 Å². The molecule has 0 aliphatic carbocycles. The molecular weight excluding hydrogens is 400 g/mol. The van der Waals surface area contributed by atoms with Crippen LogP contribution in [0.15, 0.2) is 55.9 Å². The van der Waals surface area contributed by atoms with Crippen LogP contribution in [0.5, 0.6) is 5.75 Å². The zero-order valence-electron chi connectivity index (χ0n) is 10.8. The highest BCUT2D eigenvalue weighted by atomic mass is 79.9. The summed E-state index contributed by atoms with van der Waals surface area (Å²) in [5.41, 5.74) is 1.78. The van der Waals surface area contributed by atoms with Crippen LogP contribution in [-0.4, -0.2) is 15.2 Å². The first kappa shape index (κ1) is 14.3. The predicted octanol–water partition coefficient (Wildman–Crippen LogP) is 4.56. The number of phenols is 1. The first-order valence-electron chi connectivity index (χ1n) is 6.18. The summed E-state index contributed by atoms with van der Waals surface area (Å²) in [7, 11) is 0. The number of nitrogens with zero attached hydrogens (tertiary/aromatic N) is 2. The zero-order chi connectivity index (χ0) is 14.8. The normalized spacial score (nSPS) is 10.8. The molecule has 0 radical (unpaired) electrons. The largest absolute Gasteiger partial charge is 0.507 e. The van der Waals surface area contributed by atoms with Gasteiger partial charge in [-0.05, 0) is 51.8 Å². The minimum absolute atomic E-state index is 0.138. The van der Waals surface area contributed by atoms with Crippen LogP contribution in [0.4, 0.5) is 0 Å². The second-order valence-corrected chi connectivity index (χ2v) is 6.26. The highest BCUT2D eigenvalue weighted by Crippen LogP contribution is 2.29. The lowest BCUT2D eigenvalue weighted by Crippen LogP contribution is -1.90. The second kappa shape index (κ2) is 5.99. The van der Waals surface area contributed by atoms with Crippen LogP contribution in [0.25, 0.3) is 11.5 Å². The molecule has 0 fully saturated rings. The Morgan fingerprint density at radius 2 is 1.95 bits per heavy atom. The molecule has 0 atom stereocenters. The van der Waals surface area contributed by atoms with Crippen molar-refractivity contribution in [2.24, 2.45) is 0 Å². The van der Waals surface area contributed by atoms with Crippen LogP contribution in [0, 0.1) is 0 Å². The Kier molecular flexibility index (Phi) is 4.07. The van der Waals surface area contributed by atoms with Gasteiger partial charge in [-0.3, -0.25) is 0 Å². The lowest BCUT2D eigenvalue weighted by Gasteiger charge is -1.98. The Bertz CT molecular complexity index is 787. The molecule has 1 aromatic heterocycles. The van der Waals surface area contributed by atoms with Crippen LogP contribution in [0.1, 0.15) is 11.4 Å². The average molecular weight is 410 g/mol. The van der Waals surface area contributed by atoms with E-state index in [1.54, 1.807) is 18.2 Å². The van der Waals surface area contributed by atoms with E-state index in [9.17, 15) is 5.11 Å². The second-order valence-electron chi connectivity index (χ2n) is 4.49. The van der Waals surface area contributed by atoms with Crippen LogP contribution in [0.2, 0.25) is 0 Å². The maximum Gasteiger partial charge on any atom is 0.258 e. The Balaban J connectivity index is 1.84. The number of hydrogen-bond acceptors (Lipinski definition) is 4. The Hall–Kier alpha value is -1.66. The van der Waals surface area contributed by atoms with E-state index in [1.165, 1.54) is 0 Å². The average Bonchev–Trinajstić information content (AvgIpc) is 2.90. The van der Waals surface area contributed by atoms with Gasteiger partial charge in [0.25, 0.3) is 5.89 Å². The summed E-state index contributed by atoms with van der Waals surface area (Å²) < 4.78 is 6.89. The molecule has 0 saturated heterocycles. The summed E-state index contributed by atoms with van der Waals surface area (Å²) in [6.45, 7) is 0. The van der Waals surface area contributed by atoms with Crippen molar-refractivity contribution in [3.05, 3.63) is 62.8 Å². The Labute approximate surface area is 138 Å². The number of rotatable bonds is 3. The molecule has 3 rings (SSSR count). The lowest BCUT2D eigenvalue weighted by molar-refractivity contribution is 0.423. The topological polar surface area (TPSA) is 59.2 Å². The fourth-order valence-corrected chi connectivity index (χ4v) is 2.61. The van der Waals surface area contributed by atoms with Crippen molar-refractivity contribution in [3.8, 4) is 17.2 Å². The minimum Gasteiger partial charge on any atom is -0.507 e. The number of aromatic hydroxyl groups is 1. The summed E-state index contributed by atoms with van der Waals surface area (Å²) in [6, 6.07) is 13.1. The monoisotopic (exact) mass is 408 g/mol. The van der Waals surface area contributed by atoms with Gasteiger partial charge in [0.15, 0.2) is 5.82 Å². The van der Waals surface area contributed by atoms with Crippen molar-refractivity contribution in [1.82, 2.24) is 10.1 Å². The summed E-state index contributed by atoms with van der Waals surface area (Å²) in [5, 5.41) is 13.7. The van der Waals surface area contributed by atoms with E-state index in [2.05, 4.69) is 42.0 Å². The predicted molar refractivity (Wildman–Crippen MR) is 86.0 cm³/mol. The van der Waals surface area contributed by atoms with Gasteiger partial charge in [0, 0.05) is 16.5 Å². The van der Waals surface area contributed by atoms with Crippen LogP contribution >= 0.6 is 31.9 Å². The third-order valence-corrected chi connectivity index (χ3v) is 4.08. The molecule has 3 aromatic rings. The van der Waals surface area contributed by atoms with Gasteiger partial charge in [-0.1, -0.05) is 33.2 Å². The summed E-state index contributed by atoms with van der Waals surface area (Å²) >= 11 is 6.67. The molecular formula is C15H10Br2N2O2. The molecule has 0 spiro atoms. The number of benzene rings is 2. The van der Waals surface area contributed by atoms with Crippen molar-refractivity contribution in [2.75, 3.05) is 0 Å². The number of aromatic nitrogens is 2. The lowest BCUT2D eigenvalue weighted by atomic mass is 10.1. The molecule has 0 unspecified atom stereocenters. The third-order valence-electron chi connectivity index (χ3n) is 2.91. The van der Waals surface area contributed by atoms with Crippen molar-refractivity contribution in [3.63, 3.8) is 0 Å². The highest BCUT2D eigenvalue weighted by Gasteiger charge is 2.11. The van der Waals surface area contributed by atoms with E-state index in [-0.39, 0.29) is 5.75 Å². The fraction of sp³-hybridized carbons (Fsp3) is 0.0667. The smallest absolute Gasteiger partial charge is 0.258 e. The molecule has 4 nitrogen and oxygen atoms in total. The minimum atomic E-state index is 0.138. The van der Waals surface area contributed by atoms with E-state index in [0.717, 1.165) is 10.0 Å². The van der Waals surface area contributed by atoms with Crippen molar-refractivity contribution < 1.29 is 9.63 Å². The first-order chi connectivity index (χ1) is 10.1. The molecule has 6 heteroatoms. The SMILES string of the molecule is Oc1cc(-c2nc(Cc3cccc(Br)c3)no2)ccc1Br. The van der Waals surface area contributed by atoms with Crippen molar-refractivity contribution in [1.29, 1.82) is 0 Å². The van der Waals surface area contributed by atoms with Gasteiger partial charge in [-0.25, -0.2) is 0 Å². The molecule has 21 heavy (non-hydrogen) atoms. The van der Waals surface area contributed by atoms with Gasteiger partial charge >= 0.3 is 0 Å². The zero-order valence-corrected chi connectivity index (χ0v) is 13.9. The molecule has 1 heterocycles. The molecule has 106 valence electrons.